The summed E-state index contributed by atoms with van der Waals surface area (Å²) in [5.74, 6) is -0.259. The molecule has 1 unspecified atom stereocenters. The number of halogens is 3. The molecule has 6 heteroatoms. The fraction of sp³-hybridized carbons (Fsp3) is 0.333. The van der Waals surface area contributed by atoms with Crippen molar-refractivity contribution in [2.45, 2.75) is 12.2 Å². The van der Waals surface area contributed by atoms with E-state index < -0.39 is 18.0 Å². The number of phenols is 1. The fourth-order valence-corrected chi connectivity index (χ4v) is 1.09. The molecule has 0 saturated carbocycles. The van der Waals surface area contributed by atoms with Gasteiger partial charge in [-0.2, -0.15) is 13.2 Å². The van der Waals surface area contributed by atoms with Crippen LogP contribution in [0.2, 0.25) is 0 Å². The monoisotopic (exact) mass is 221 g/mol. The van der Waals surface area contributed by atoms with E-state index in [0.29, 0.717) is 0 Å². The fourth-order valence-electron chi connectivity index (χ4n) is 1.09. The second-order valence-electron chi connectivity index (χ2n) is 2.94. The molecule has 0 bridgehead atoms. The highest BCUT2D eigenvalue weighted by molar-refractivity contribution is 5.41. The van der Waals surface area contributed by atoms with E-state index in [-0.39, 0.29) is 11.3 Å². The van der Waals surface area contributed by atoms with Crippen LogP contribution < -0.4 is 10.5 Å². The first-order valence-corrected chi connectivity index (χ1v) is 4.05. The molecule has 0 heterocycles. The molecule has 1 aromatic carbocycles. The van der Waals surface area contributed by atoms with Crippen LogP contribution in [-0.2, 0) is 0 Å². The van der Waals surface area contributed by atoms with Crippen LogP contribution in [0.5, 0.6) is 11.5 Å². The van der Waals surface area contributed by atoms with Gasteiger partial charge in [0.25, 0.3) is 0 Å². The lowest BCUT2D eigenvalue weighted by atomic mass is 10.1. The first-order valence-electron chi connectivity index (χ1n) is 4.05. The van der Waals surface area contributed by atoms with Crippen LogP contribution in [0.15, 0.2) is 18.2 Å². The van der Waals surface area contributed by atoms with E-state index in [2.05, 4.69) is 0 Å². The third-order valence-electron chi connectivity index (χ3n) is 1.93. The maximum absolute atomic E-state index is 12.2. The molecule has 1 rings (SSSR count). The SMILES string of the molecule is COc1ccc(C(N)C(F)(F)F)c(O)c1. The molecule has 15 heavy (non-hydrogen) atoms. The Morgan fingerprint density at radius 1 is 1.40 bits per heavy atom. The summed E-state index contributed by atoms with van der Waals surface area (Å²) in [5, 5.41) is 9.30. The highest BCUT2D eigenvalue weighted by atomic mass is 19.4. The molecular weight excluding hydrogens is 211 g/mol. The molecule has 84 valence electrons. The standard InChI is InChI=1S/C9H10F3NO2/c1-15-5-2-3-6(7(14)4-5)8(13)9(10,11)12/h2-4,8,14H,13H2,1H3. The van der Waals surface area contributed by atoms with Gasteiger partial charge in [-0.1, -0.05) is 0 Å². The normalized spacial score (nSPS) is 13.7. The zero-order valence-electron chi connectivity index (χ0n) is 7.88. The topological polar surface area (TPSA) is 55.5 Å². The van der Waals surface area contributed by atoms with Crippen molar-refractivity contribution in [2.75, 3.05) is 7.11 Å². The van der Waals surface area contributed by atoms with Crippen LogP contribution in [0.4, 0.5) is 13.2 Å². The van der Waals surface area contributed by atoms with Crippen molar-refractivity contribution in [1.82, 2.24) is 0 Å². The second kappa shape index (κ2) is 3.98. The van der Waals surface area contributed by atoms with Gasteiger partial charge in [-0.15, -0.1) is 0 Å². The lowest BCUT2D eigenvalue weighted by molar-refractivity contribution is -0.149. The number of nitrogens with two attached hydrogens (primary N) is 1. The summed E-state index contributed by atoms with van der Waals surface area (Å²) < 4.78 is 41.4. The summed E-state index contributed by atoms with van der Waals surface area (Å²) in [6.45, 7) is 0. The Morgan fingerprint density at radius 3 is 2.40 bits per heavy atom. The average molecular weight is 221 g/mol. The lowest BCUT2D eigenvalue weighted by Crippen LogP contribution is -2.28. The van der Waals surface area contributed by atoms with Crippen molar-refractivity contribution in [3.8, 4) is 11.5 Å². The van der Waals surface area contributed by atoms with E-state index in [9.17, 15) is 18.3 Å². The summed E-state index contributed by atoms with van der Waals surface area (Å²) in [4.78, 5) is 0. The Labute approximate surface area is 84.3 Å². The van der Waals surface area contributed by atoms with Gasteiger partial charge < -0.3 is 15.6 Å². The molecule has 1 aromatic rings. The number of benzene rings is 1. The van der Waals surface area contributed by atoms with Crippen LogP contribution in [0.1, 0.15) is 11.6 Å². The number of rotatable bonds is 2. The van der Waals surface area contributed by atoms with E-state index >= 15 is 0 Å². The Kier molecular flexibility index (Phi) is 3.09. The van der Waals surface area contributed by atoms with Crippen molar-refractivity contribution >= 4 is 0 Å². The van der Waals surface area contributed by atoms with Crippen molar-refractivity contribution in [3.63, 3.8) is 0 Å². The Hall–Kier alpha value is -1.43. The van der Waals surface area contributed by atoms with Gasteiger partial charge in [-0.3, -0.25) is 0 Å². The largest absolute Gasteiger partial charge is 0.507 e. The van der Waals surface area contributed by atoms with Gasteiger partial charge >= 0.3 is 6.18 Å². The van der Waals surface area contributed by atoms with E-state index in [0.717, 1.165) is 12.1 Å². The van der Waals surface area contributed by atoms with E-state index in [1.165, 1.54) is 13.2 Å². The number of aromatic hydroxyl groups is 1. The minimum atomic E-state index is -4.58. The van der Waals surface area contributed by atoms with Crippen molar-refractivity contribution in [2.24, 2.45) is 5.73 Å². The van der Waals surface area contributed by atoms with Gasteiger partial charge in [-0.05, 0) is 12.1 Å². The predicted octanol–water partition coefficient (Wildman–Crippen LogP) is 1.96. The molecule has 0 aliphatic heterocycles. The number of alkyl halides is 3. The van der Waals surface area contributed by atoms with E-state index in [1.807, 2.05) is 0 Å². The average Bonchev–Trinajstić information content (AvgIpc) is 2.15. The molecule has 0 radical (unpaired) electrons. The molecule has 0 saturated heterocycles. The maximum atomic E-state index is 12.2. The molecule has 0 amide bonds. The molecule has 0 aliphatic carbocycles. The van der Waals surface area contributed by atoms with E-state index in [1.54, 1.807) is 0 Å². The van der Waals surface area contributed by atoms with Crippen LogP contribution in [-0.4, -0.2) is 18.4 Å². The number of hydrogen-bond donors (Lipinski definition) is 2. The van der Waals surface area contributed by atoms with Gasteiger partial charge in [0.2, 0.25) is 0 Å². The molecular formula is C9H10F3NO2. The quantitative estimate of drug-likeness (QED) is 0.802. The molecule has 0 spiro atoms. The zero-order valence-corrected chi connectivity index (χ0v) is 7.88. The van der Waals surface area contributed by atoms with E-state index in [4.69, 9.17) is 10.5 Å². The second-order valence-corrected chi connectivity index (χ2v) is 2.94. The third-order valence-corrected chi connectivity index (χ3v) is 1.93. The summed E-state index contributed by atoms with van der Waals surface area (Å²) in [7, 11) is 1.35. The van der Waals surface area contributed by atoms with Gasteiger partial charge in [0, 0.05) is 11.6 Å². The zero-order chi connectivity index (χ0) is 11.6. The van der Waals surface area contributed by atoms with Crippen LogP contribution in [0, 0.1) is 0 Å². The summed E-state index contributed by atoms with van der Waals surface area (Å²) in [6, 6.07) is 1.29. The highest BCUT2D eigenvalue weighted by Gasteiger charge is 2.39. The molecule has 0 aliphatic rings. The Bertz CT molecular complexity index is 352. The van der Waals surface area contributed by atoms with Crippen LogP contribution in [0.3, 0.4) is 0 Å². The first-order chi connectivity index (χ1) is 6.86. The molecule has 3 N–H and O–H groups in total. The molecule has 0 fully saturated rings. The first kappa shape index (κ1) is 11.6. The third kappa shape index (κ3) is 2.53. The Morgan fingerprint density at radius 2 is 2.00 bits per heavy atom. The minimum absolute atomic E-state index is 0.269. The molecule has 1 atom stereocenters. The van der Waals surface area contributed by atoms with Crippen molar-refractivity contribution < 1.29 is 23.0 Å². The lowest BCUT2D eigenvalue weighted by Gasteiger charge is -2.17. The predicted molar refractivity (Wildman–Crippen MR) is 47.6 cm³/mol. The smallest absolute Gasteiger partial charge is 0.407 e. The summed E-state index contributed by atoms with van der Waals surface area (Å²) >= 11 is 0. The number of phenolic OH excluding ortho intramolecular Hbond substituents is 1. The maximum Gasteiger partial charge on any atom is 0.407 e. The van der Waals surface area contributed by atoms with Crippen molar-refractivity contribution in [1.29, 1.82) is 0 Å². The van der Waals surface area contributed by atoms with Gasteiger partial charge in [0.15, 0.2) is 0 Å². The minimum Gasteiger partial charge on any atom is -0.507 e. The van der Waals surface area contributed by atoms with Gasteiger partial charge in [-0.25, -0.2) is 0 Å². The molecule has 3 nitrogen and oxygen atoms in total. The Balaban J connectivity index is 3.06. The van der Waals surface area contributed by atoms with Gasteiger partial charge in [0.05, 0.1) is 7.11 Å². The number of methoxy groups -OCH3 is 1. The van der Waals surface area contributed by atoms with Gasteiger partial charge in [0.1, 0.15) is 17.5 Å². The highest BCUT2D eigenvalue weighted by Crippen LogP contribution is 2.36. The number of ether oxygens (including phenoxy) is 1. The summed E-state index contributed by atoms with van der Waals surface area (Å²) in [6.07, 6.45) is -4.58. The van der Waals surface area contributed by atoms with Crippen molar-refractivity contribution in [3.05, 3.63) is 23.8 Å². The summed E-state index contributed by atoms with van der Waals surface area (Å²) in [5.41, 5.74) is 4.57. The van der Waals surface area contributed by atoms with Crippen LogP contribution >= 0.6 is 0 Å². The van der Waals surface area contributed by atoms with Crippen LogP contribution in [0.25, 0.3) is 0 Å². The molecule has 0 aromatic heterocycles. The number of hydrogen-bond acceptors (Lipinski definition) is 3.